The molecule has 76 heavy (non-hydrogen) atoms. The van der Waals surface area contributed by atoms with Crippen molar-refractivity contribution in [2.45, 2.75) is 0 Å². The second kappa shape index (κ2) is 16.8. The smallest absolute Gasteiger partial charge is 0.143 e. The van der Waals surface area contributed by atoms with E-state index in [2.05, 4.69) is 267 Å². The maximum absolute atomic E-state index is 7.00. The van der Waals surface area contributed by atoms with E-state index in [-0.39, 0.29) is 0 Å². The summed E-state index contributed by atoms with van der Waals surface area (Å²) in [5, 5.41) is 16.5. The van der Waals surface area contributed by atoms with Crippen molar-refractivity contribution in [3.05, 3.63) is 267 Å². The molecule has 14 aromatic carbocycles. The normalized spacial score (nSPS) is 11.9. The second-order valence-electron chi connectivity index (χ2n) is 20.1. The molecule has 0 radical (unpaired) electrons. The molecule has 0 saturated carbocycles. The van der Waals surface area contributed by atoms with Crippen LogP contribution in [0.2, 0.25) is 0 Å². The maximum Gasteiger partial charge on any atom is 0.143 e. The predicted octanol–water partition coefficient (Wildman–Crippen LogP) is 21.3. The molecular formula is C74H44O2. The first-order chi connectivity index (χ1) is 37.7. The molecule has 0 unspecified atom stereocenters. The average molecular weight is 965 g/mol. The molecule has 0 bridgehead atoms. The van der Waals surface area contributed by atoms with Crippen LogP contribution in [0.15, 0.2) is 276 Å². The Bertz CT molecular complexity index is 4570. The molecule has 0 N–H and O–H groups in total. The Kier molecular flexibility index (Phi) is 9.37. The van der Waals surface area contributed by atoms with E-state index in [1.807, 2.05) is 0 Å². The van der Waals surface area contributed by atoms with E-state index in [1.54, 1.807) is 0 Å². The molecule has 2 aromatic heterocycles. The van der Waals surface area contributed by atoms with Crippen molar-refractivity contribution < 1.29 is 8.83 Å². The molecule has 0 saturated heterocycles. The lowest BCUT2D eigenvalue weighted by atomic mass is 9.85. The summed E-state index contributed by atoms with van der Waals surface area (Å²) in [7, 11) is 0. The van der Waals surface area contributed by atoms with Gasteiger partial charge in [0.15, 0.2) is 0 Å². The molecular weight excluding hydrogens is 921 g/mol. The van der Waals surface area contributed by atoms with Gasteiger partial charge in [-0.1, -0.05) is 243 Å². The Morgan fingerprint density at radius 3 is 0.763 bits per heavy atom. The number of para-hydroxylation sites is 2. The fraction of sp³-hybridized carbons (Fsp3) is 0. The molecule has 16 aromatic rings. The van der Waals surface area contributed by atoms with Gasteiger partial charge in [0.25, 0.3) is 0 Å². The van der Waals surface area contributed by atoms with Crippen molar-refractivity contribution in [2.24, 2.45) is 0 Å². The molecule has 16 rings (SSSR count). The Balaban J connectivity index is 0.899. The van der Waals surface area contributed by atoms with Gasteiger partial charge in [0.2, 0.25) is 0 Å². The lowest BCUT2D eigenvalue weighted by Crippen LogP contribution is -1.91. The lowest BCUT2D eigenvalue weighted by Gasteiger charge is -2.18. The number of fused-ring (bicyclic) bond motifs is 13. The summed E-state index contributed by atoms with van der Waals surface area (Å²) in [4.78, 5) is 0. The van der Waals surface area contributed by atoms with Gasteiger partial charge < -0.3 is 8.83 Å². The van der Waals surface area contributed by atoms with Gasteiger partial charge in [0.05, 0.1) is 0 Å². The van der Waals surface area contributed by atoms with Gasteiger partial charge >= 0.3 is 0 Å². The van der Waals surface area contributed by atoms with Gasteiger partial charge in [-0.3, -0.25) is 0 Å². The third-order valence-electron chi connectivity index (χ3n) is 16.0. The minimum Gasteiger partial charge on any atom is -0.455 e. The van der Waals surface area contributed by atoms with E-state index in [0.29, 0.717) is 0 Å². The van der Waals surface area contributed by atoms with Crippen molar-refractivity contribution in [3.8, 4) is 66.8 Å². The van der Waals surface area contributed by atoms with Crippen LogP contribution in [0, 0.1) is 0 Å². The summed E-state index contributed by atoms with van der Waals surface area (Å²) in [5.41, 5.74) is 17.5. The van der Waals surface area contributed by atoms with E-state index >= 15 is 0 Å². The summed E-state index contributed by atoms with van der Waals surface area (Å²) in [6, 6.07) is 97.0. The first kappa shape index (κ1) is 42.5. The third kappa shape index (κ3) is 6.35. The molecule has 0 fully saturated rings. The van der Waals surface area contributed by atoms with Crippen LogP contribution in [0.25, 0.3) is 165 Å². The number of furan rings is 2. The first-order valence-corrected chi connectivity index (χ1v) is 26.1. The third-order valence-corrected chi connectivity index (χ3v) is 16.0. The Morgan fingerprint density at radius 1 is 0.197 bits per heavy atom. The van der Waals surface area contributed by atoms with Crippen LogP contribution in [0.1, 0.15) is 0 Å². The quantitative estimate of drug-likeness (QED) is 0.155. The van der Waals surface area contributed by atoms with Crippen molar-refractivity contribution in [1.29, 1.82) is 0 Å². The van der Waals surface area contributed by atoms with Crippen molar-refractivity contribution in [2.75, 3.05) is 0 Å². The Labute approximate surface area is 437 Å². The monoisotopic (exact) mass is 964 g/mol. The van der Waals surface area contributed by atoms with E-state index in [4.69, 9.17) is 8.83 Å². The zero-order chi connectivity index (χ0) is 49.8. The zero-order valence-electron chi connectivity index (χ0n) is 41.2. The summed E-state index contributed by atoms with van der Waals surface area (Å²) < 4.78 is 14.0. The van der Waals surface area contributed by atoms with E-state index < -0.39 is 0 Å². The standard InChI is InChI=1S/C74H44O2/c1-3-19-47(20-4-1)66-52-23-7-11-27-56(52)68(57-28-12-8-24-53(57)66)49-39-35-45(36-40-49)62-43-51-44-63(74-72(61-32-16-18-34-65(61)76-74)70(51)71-60-31-15-17-33-64(60)75-73(62)71)46-37-41-50(42-38-46)69-58-29-13-9-25-54(58)67(48-21-5-2-6-22-48)55-26-10-14-30-59(55)69/h1-44H. The predicted molar refractivity (Wildman–Crippen MR) is 321 cm³/mol. The number of benzene rings is 14. The van der Waals surface area contributed by atoms with E-state index in [0.717, 1.165) is 76.9 Å². The topological polar surface area (TPSA) is 26.3 Å². The van der Waals surface area contributed by atoms with E-state index in [1.165, 1.54) is 87.6 Å². The van der Waals surface area contributed by atoms with Crippen LogP contribution in [0.3, 0.4) is 0 Å². The number of rotatable bonds is 6. The highest BCUT2D eigenvalue weighted by atomic mass is 16.3. The molecule has 0 amide bonds. The summed E-state index contributed by atoms with van der Waals surface area (Å²) in [5.74, 6) is 0. The van der Waals surface area contributed by atoms with E-state index in [9.17, 15) is 0 Å². The minimum atomic E-state index is 0.858. The second-order valence-corrected chi connectivity index (χ2v) is 20.1. The van der Waals surface area contributed by atoms with Gasteiger partial charge in [0, 0.05) is 38.1 Å². The van der Waals surface area contributed by atoms with Crippen LogP contribution < -0.4 is 0 Å². The Hall–Kier alpha value is -10.0. The minimum absolute atomic E-state index is 0.858. The number of hydrogen-bond donors (Lipinski definition) is 0. The van der Waals surface area contributed by atoms with Crippen molar-refractivity contribution in [3.63, 3.8) is 0 Å². The largest absolute Gasteiger partial charge is 0.455 e. The fourth-order valence-electron chi connectivity index (χ4n) is 12.8. The summed E-state index contributed by atoms with van der Waals surface area (Å²) >= 11 is 0. The van der Waals surface area contributed by atoms with Crippen LogP contribution in [-0.4, -0.2) is 0 Å². The molecule has 0 aliphatic rings. The number of hydrogen-bond acceptors (Lipinski definition) is 2. The van der Waals surface area contributed by atoms with Gasteiger partial charge in [-0.2, -0.15) is 0 Å². The van der Waals surface area contributed by atoms with Gasteiger partial charge in [-0.05, 0) is 128 Å². The van der Waals surface area contributed by atoms with Gasteiger partial charge in [-0.25, -0.2) is 0 Å². The van der Waals surface area contributed by atoms with Crippen LogP contribution in [0.4, 0.5) is 0 Å². The van der Waals surface area contributed by atoms with Gasteiger partial charge in [-0.15, -0.1) is 0 Å². The SMILES string of the molecule is c1ccc(-c2c3ccccc3c(-c3ccc(-c4cc5cc(-c6ccc(-c7c8ccccc8c(-c8ccccc8)c8ccccc78)cc6)c6oc7ccccc7c6c5c5c4oc4ccccc45)cc3)c3ccccc23)cc1. The van der Waals surface area contributed by atoms with Gasteiger partial charge in [0.1, 0.15) is 22.3 Å². The molecule has 2 nitrogen and oxygen atoms in total. The molecule has 0 atom stereocenters. The Morgan fingerprint density at radius 2 is 0.447 bits per heavy atom. The van der Waals surface area contributed by atoms with Crippen LogP contribution in [-0.2, 0) is 0 Å². The molecule has 352 valence electrons. The fourth-order valence-corrected chi connectivity index (χ4v) is 12.8. The van der Waals surface area contributed by atoms with Crippen LogP contribution >= 0.6 is 0 Å². The summed E-state index contributed by atoms with van der Waals surface area (Å²) in [6.45, 7) is 0. The molecule has 0 aliphatic heterocycles. The highest BCUT2D eigenvalue weighted by Gasteiger charge is 2.25. The average Bonchev–Trinajstić information content (AvgIpc) is 4.08. The lowest BCUT2D eigenvalue weighted by molar-refractivity contribution is 0.670. The van der Waals surface area contributed by atoms with Crippen molar-refractivity contribution >= 4 is 97.7 Å². The molecule has 0 aliphatic carbocycles. The van der Waals surface area contributed by atoms with Crippen LogP contribution in [0.5, 0.6) is 0 Å². The molecule has 2 heteroatoms. The maximum atomic E-state index is 7.00. The highest BCUT2D eigenvalue weighted by molar-refractivity contribution is 6.34. The van der Waals surface area contributed by atoms with Crippen molar-refractivity contribution in [1.82, 2.24) is 0 Å². The highest BCUT2D eigenvalue weighted by Crippen LogP contribution is 2.50. The molecule has 0 spiro atoms. The molecule has 2 heterocycles. The first-order valence-electron chi connectivity index (χ1n) is 26.1. The zero-order valence-corrected chi connectivity index (χ0v) is 41.2. The summed E-state index contributed by atoms with van der Waals surface area (Å²) in [6.07, 6.45) is 0.